The number of carbonyl (C=O) groups excluding carboxylic acids is 1. The monoisotopic (exact) mass is 204 g/mol. The van der Waals surface area contributed by atoms with Crippen LogP contribution in [0.3, 0.4) is 0 Å². The smallest absolute Gasteiger partial charge is 0.317 e. The van der Waals surface area contributed by atoms with E-state index in [1.807, 2.05) is 0 Å². The lowest BCUT2D eigenvalue weighted by Gasteiger charge is -2.14. The number of fused-ring (bicyclic) bond motifs is 2. The van der Waals surface area contributed by atoms with Crippen LogP contribution in [0.25, 0.3) is 0 Å². The summed E-state index contributed by atoms with van der Waals surface area (Å²) in [6.45, 7) is 0. The largest absolute Gasteiger partial charge is 0.434 e. The summed E-state index contributed by atoms with van der Waals surface area (Å²) in [5, 5.41) is 0. The molecule has 0 spiro atoms. The molecule has 0 amide bonds. The lowest BCUT2D eigenvalue weighted by molar-refractivity contribution is -0.141. The van der Waals surface area contributed by atoms with Crippen molar-refractivity contribution in [3.05, 3.63) is 30.5 Å². The van der Waals surface area contributed by atoms with Crippen LogP contribution in [0.15, 0.2) is 35.0 Å². The van der Waals surface area contributed by atoms with Crippen molar-refractivity contribution in [1.82, 2.24) is 0 Å². The van der Waals surface area contributed by atoms with Gasteiger partial charge in [-0.2, -0.15) is 0 Å². The van der Waals surface area contributed by atoms with Gasteiger partial charge in [0.15, 0.2) is 0 Å². The van der Waals surface area contributed by atoms with Gasteiger partial charge in [0.25, 0.3) is 5.95 Å². The number of ether oxygens (including phenoxy) is 1. The first-order valence-electron chi connectivity index (χ1n) is 5.26. The van der Waals surface area contributed by atoms with Crippen LogP contribution < -0.4 is 4.74 Å². The molecule has 1 aromatic heterocycles. The van der Waals surface area contributed by atoms with Gasteiger partial charge in [-0.3, -0.25) is 4.79 Å². The van der Waals surface area contributed by atoms with E-state index in [2.05, 4.69) is 12.2 Å². The highest BCUT2D eigenvalue weighted by molar-refractivity contribution is 5.76. The maximum Gasteiger partial charge on any atom is 0.317 e. The molecule has 0 aromatic carbocycles. The predicted octanol–water partition coefficient (Wildman–Crippen LogP) is 2.40. The number of carbonyl (C=O) groups is 1. The molecule has 3 rings (SSSR count). The van der Waals surface area contributed by atoms with Crippen LogP contribution in [0.4, 0.5) is 0 Å². The van der Waals surface area contributed by atoms with E-state index in [0.29, 0.717) is 17.8 Å². The molecule has 1 aromatic rings. The van der Waals surface area contributed by atoms with Crippen LogP contribution in [-0.2, 0) is 4.79 Å². The molecule has 78 valence electrons. The number of hydrogen-bond acceptors (Lipinski definition) is 3. The Bertz CT molecular complexity index is 391. The van der Waals surface area contributed by atoms with E-state index in [9.17, 15) is 4.79 Å². The Morgan fingerprint density at radius 1 is 1.40 bits per heavy atom. The fourth-order valence-corrected chi connectivity index (χ4v) is 2.55. The second-order valence-electron chi connectivity index (χ2n) is 4.24. The first-order chi connectivity index (χ1) is 7.33. The predicted molar refractivity (Wildman–Crippen MR) is 53.2 cm³/mol. The standard InChI is InChI=1S/C12H12O3/c13-12(15-11-2-1-5-14-11)10-7-8-3-4-9(10)6-8/h1-5,8-10H,6-7H2. The number of allylic oxidation sites excluding steroid dienone is 2. The summed E-state index contributed by atoms with van der Waals surface area (Å²) in [5.74, 6) is 1.15. The summed E-state index contributed by atoms with van der Waals surface area (Å²) in [4.78, 5) is 11.8. The lowest BCUT2D eigenvalue weighted by atomic mass is 9.94. The number of esters is 1. The summed E-state index contributed by atoms with van der Waals surface area (Å²) in [6.07, 6.45) is 7.89. The zero-order chi connectivity index (χ0) is 10.3. The van der Waals surface area contributed by atoms with Crippen LogP contribution in [0.1, 0.15) is 12.8 Å². The molecule has 2 aliphatic carbocycles. The average molecular weight is 204 g/mol. The highest BCUT2D eigenvalue weighted by atomic mass is 16.6. The van der Waals surface area contributed by atoms with Crippen LogP contribution >= 0.6 is 0 Å². The maximum atomic E-state index is 11.8. The lowest BCUT2D eigenvalue weighted by Crippen LogP contribution is -2.23. The molecule has 0 radical (unpaired) electrons. The van der Waals surface area contributed by atoms with Gasteiger partial charge in [-0.15, -0.1) is 0 Å². The number of hydrogen-bond donors (Lipinski definition) is 0. The highest BCUT2D eigenvalue weighted by Gasteiger charge is 2.41. The Hall–Kier alpha value is -1.51. The number of furan rings is 1. The first-order valence-corrected chi connectivity index (χ1v) is 5.26. The summed E-state index contributed by atoms with van der Waals surface area (Å²) in [6, 6.07) is 3.37. The Morgan fingerprint density at radius 3 is 2.93 bits per heavy atom. The molecule has 3 unspecified atom stereocenters. The Morgan fingerprint density at radius 2 is 2.33 bits per heavy atom. The molecular formula is C12H12O3. The summed E-state index contributed by atoms with van der Waals surface area (Å²) in [5.41, 5.74) is 0. The minimum atomic E-state index is -0.151. The van der Waals surface area contributed by atoms with E-state index in [1.54, 1.807) is 12.1 Å². The SMILES string of the molecule is O=C(Oc1ccco1)C1CC2C=CC1C2. The molecule has 3 heteroatoms. The maximum absolute atomic E-state index is 11.8. The zero-order valence-electron chi connectivity index (χ0n) is 8.26. The van der Waals surface area contributed by atoms with Gasteiger partial charge < -0.3 is 9.15 Å². The van der Waals surface area contributed by atoms with Gasteiger partial charge in [0, 0.05) is 6.07 Å². The molecule has 2 aliphatic rings. The van der Waals surface area contributed by atoms with E-state index in [-0.39, 0.29) is 11.9 Å². The highest BCUT2D eigenvalue weighted by Crippen LogP contribution is 2.43. The molecule has 0 N–H and O–H groups in total. The van der Waals surface area contributed by atoms with E-state index in [1.165, 1.54) is 6.26 Å². The fraction of sp³-hybridized carbons (Fsp3) is 0.417. The van der Waals surface area contributed by atoms with Crippen molar-refractivity contribution in [3.63, 3.8) is 0 Å². The molecule has 0 saturated heterocycles. The molecule has 2 bridgehead atoms. The molecule has 1 saturated carbocycles. The van der Waals surface area contributed by atoms with Crippen LogP contribution in [-0.4, -0.2) is 5.97 Å². The third-order valence-corrected chi connectivity index (χ3v) is 3.28. The zero-order valence-corrected chi connectivity index (χ0v) is 8.26. The van der Waals surface area contributed by atoms with Crippen molar-refractivity contribution in [2.45, 2.75) is 12.8 Å². The van der Waals surface area contributed by atoms with E-state index in [4.69, 9.17) is 9.15 Å². The number of rotatable bonds is 2. The third kappa shape index (κ3) is 1.48. The minimum absolute atomic E-state index is 0.0325. The third-order valence-electron chi connectivity index (χ3n) is 3.28. The van der Waals surface area contributed by atoms with Gasteiger partial charge in [0.2, 0.25) is 0 Å². The molecule has 1 fully saturated rings. The molecular weight excluding hydrogens is 192 g/mol. The van der Waals surface area contributed by atoms with Gasteiger partial charge >= 0.3 is 5.97 Å². The fourth-order valence-electron chi connectivity index (χ4n) is 2.55. The molecule has 3 nitrogen and oxygen atoms in total. The van der Waals surface area contributed by atoms with Gasteiger partial charge in [-0.05, 0) is 30.7 Å². The minimum Gasteiger partial charge on any atom is -0.434 e. The normalized spacial score (nSPS) is 32.1. The molecule has 3 atom stereocenters. The van der Waals surface area contributed by atoms with Crippen molar-refractivity contribution >= 4 is 5.97 Å². The van der Waals surface area contributed by atoms with E-state index < -0.39 is 0 Å². The second-order valence-corrected chi connectivity index (χ2v) is 4.24. The summed E-state index contributed by atoms with van der Waals surface area (Å²) >= 11 is 0. The van der Waals surface area contributed by atoms with Crippen LogP contribution in [0, 0.1) is 17.8 Å². The Labute approximate surface area is 87.7 Å². The quantitative estimate of drug-likeness (QED) is 0.548. The topological polar surface area (TPSA) is 39.4 Å². The summed E-state index contributed by atoms with van der Waals surface area (Å²) < 4.78 is 10.1. The van der Waals surface area contributed by atoms with Crippen molar-refractivity contribution in [2.75, 3.05) is 0 Å². The molecule has 1 heterocycles. The van der Waals surface area contributed by atoms with Crippen LogP contribution in [0.2, 0.25) is 0 Å². The van der Waals surface area contributed by atoms with Crippen molar-refractivity contribution in [1.29, 1.82) is 0 Å². The van der Waals surface area contributed by atoms with Crippen molar-refractivity contribution in [3.8, 4) is 5.95 Å². The Balaban J connectivity index is 1.68. The average Bonchev–Trinajstić information content (AvgIpc) is 2.93. The first kappa shape index (κ1) is 8.77. The van der Waals surface area contributed by atoms with Gasteiger partial charge in [0.1, 0.15) is 0 Å². The van der Waals surface area contributed by atoms with Gasteiger partial charge in [-0.1, -0.05) is 12.2 Å². The summed E-state index contributed by atoms with van der Waals surface area (Å²) in [7, 11) is 0. The van der Waals surface area contributed by atoms with Gasteiger partial charge in [0.05, 0.1) is 12.2 Å². The molecule has 15 heavy (non-hydrogen) atoms. The molecule has 0 aliphatic heterocycles. The Kier molecular flexibility index (Phi) is 1.91. The van der Waals surface area contributed by atoms with Crippen molar-refractivity contribution in [2.24, 2.45) is 17.8 Å². The van der Waals surface area contributed by atoms with E-state index >= 15 is 0 Å². The van der Waals surface area contributed by atoms with Crippen molar-refractivity contribution < 1.29 is 13.9 Å². The van der Waals surface area contributed by atoms with Crippen LogP contribution in [0.5, 0.6) is 5.95 Å². The van der Waals surface area contributed by atoms with Gasteiger partial charge in [-0.25, -0.2) is 0 Å². The second kappa shape index (κ2) is 3.26. The van der Waals surface area contributed by atoms with E-state index in [0.717, 1.165) is 12.8 Å².